The van der Waals surface area contributed by atoms with E-state index in [4.69, 9.17) is 0 Å². The fraction of sp³-hybridized carbons (Fsp3) is 0.636. The molecule has 0 aliphatic carbocycles. The van der Waals surface area contributed by atoms with E-state index in [2.05, 4.69) is 4.98 Å². The molecule has 0 aromatic carbocycles. The first kappa shape index (κ1) is 12.7. The van der Waals surface area contributed by atoms with Crippen LogP contribution in [0.4, 0.5) is 0 Å². The molecule has 1 aliphatic heterocycles. The number of sulfone groups is 1. The number of carbonyl (C=O) groups excluding carboxylic acids is 1. The van der Waals surface area contributed by atoms with Gasteiger partial charge in [0, 0.05) is 23.9 Å². The SMILES string of the molecule is O=CCc1cnc(CC2CCCS(=O)(=O)C2)s1. The van der Waals surface area contributed by atoms with E-state index >= 15 is 0 Å². The number of nitrogens with zero attached hydrogens (tertiary/aromatic N) is 1. The quantitative estimate of drug-likeness (QED) is 0.775. The number of rotatable bonds is 4. The Morgan fingerprint density at radius 2 is 2.35 bits per heavy atom. The summed E-state index contributed by atoms with van der Waals surface area (Å²) >= 11 is 1.51. The van der Waals surface area contributed by atoms with Crippen LogP contribution < -0.4 is 0 Å². The Kier molecular flexibility index (Phi) is 3.93. The number of hydrogen-bond acceptors (Lipinski definition) is 5. The first-order valence-corrected chi connectivity index (χ1v) is 8.30. The predicted molar refractivity (Wildman–Crippen MR) is 67.0 cm³/mol. The summed E-state index contributed by atoms with van der Waals surface area (Å²) in [7, 11) is -2.83. The van der Waals surface area contributed by atoms with E-state index in [1.807, 2.05) is 0 Å². The van der Waals surface area contributed by atoms with Gasteiger partial charge < -0.3 is 4.79 Å². The van der Waals surface area contributed by atoms with E-state index in [-0.39, 0.29) is 11.7 Å². The lowest BCUT2D eigenvalue weighted by Crippen LogP contribution is -2.26. The van der Waals surface area contributed by atoms with Crippen LogP contribution in [0, 0.1) is 5.92 Å². The Bertz CT molecular complexity index is 493. The van der Waals surface area contributed by atoms with E-state index < -0.39 is 9.84 Å². The van der Waals surface area contributed by atoms with Gasteiger partial charge in [-0.1, -0.05) is 0 Å². The Morgan fingerprint density at radius 1 is 1.53 bits per heavy atom. The van der Waals surface area contributed by atoms with E-state index in [1.54, 1.807) is 6.20 Å². The van der Waals surface area contributed by atoms with Crippen LogP contribution in [0.1, 0.15) is 22.7 Å². The molecule has 1 aromatic heterocycles. The van der Waals surface area contributed by atoms with Crippen LogP contribution in [0.25, 0.3) is 0 Å². The predicted octanol–water partition coefficient (Wildman–Crippen LogP) is 1.25. The zero-order valence-corrected chi connectivity index (χ0v) is 11.1. The normalized spacial score (nSPS) is 23.4. The van der Waals surface area contributed by atoms with Crippen LogP contribution in [0.3, 0.4) is 0 Å². The van der Waals surface area contributed by atoms with Gasteiger partial charge in [0.25, 0.3) is 0 Å². The largest absolute Gasteiger partial charge is 0.303 e. The van der Waals surface area contributed by atoms with E-state index in [0.29, 0.717) is 12.2 Å². The van der Waals surface area contributed by atoms with E-state index in [0.717, 1.165) is 35.4 Å². The van der Waals surface area contributed by atoms with Crippen molar-refractivity contribution in [1.82, 2.24) is 4.98 Å². The van der Waals surface area contributed by atoms with Crippen molar-refractivity contribution in [2.45, 2.75) is 25.7 Å². The minimum absolute atomic E-state index is 0.198. The Balaban J connectivity index is 1.97. The lowest BCUT2D eigenvalue weighted by molar-refractivity contribution is -0.107. The van der Waals surface area contributed by atoms with Crippen molar-refractivity contribution in [3.8, 4) is 0 Å². The van der Waals surface area contributed by atoms with Crippen LogP contribution in [-0.2, 0) is 27.5 Å². The minimum Gasteiger partial charge on any atom is -0.303 e. The van der Waals surface area contributed by atoms with Gasteiger partial charge in [0.1, 0.15) is 6.29 Å². The molecule has 6 heteroatoms. The molecule has 0 amide bonds. The third kappa shape index (κ3) is 3.61. The summed E-state index contributed by atoms with van der Waals surface area (Å²) in [5, 5.41) is 0.948. The van der Waals surface area contributed by atoms with Crippen LogP contribution in [0.2, 0.25) is 0 Å². The van der Waals surface area contributed by atoms with Gasteiger partial charge in [0.2, 0.25) is 0 Å². The molecule has 17 heavy (non-hydrogen) atoms. The molecule has 1 saturated heterocycles. The van der Waals surface area contributed by atoms with Crippen LogP contribution in [0.15, 0.2) is 6.20 Å². The fourth-order valence-electron chi connectivity index (χ4n) is 2.14. The molecule has 2 heterocycles. The molecule has 1 unspecified atom stereocenters. The molecule has 1 fully saturated rings. The second kappa shape index (κ2) is 5.27. The average molecular weight is 273 g/mol. The smallest absolute Gasteiger partial charge is 0.150 e. The third-order valence-electron chi connectivity index (χ3n) is 2.91. The Morgan fingerprint density at radius 3 is 3.06 bits per heavy atom. The maximum atomic E-state index is 11.5. The zero-order chi connectivity index (χ0) is 12.3. The van der Waals surface area contributed by atoms with Crippen LogP contribution in [0.5, 0.6) is 0 Å². The molecule has 2 rings (SSSR count). The second-order valence-electron chi connectivity index (χ2n) is 4.42. The van der Waals surface area contributed by atoms with Crippen molar-refractivity contribution < 1.29 is 13.2 Å². The second-order valence-corrected chi connectivity index (χ2v) is 7.85. The summed E-state index contributed by atoms with van der Waals surface area (Å²) in [6.45, 7) is 0. The Labute approximate surface area is 105 Å². The van der Waals surface area contributed by atoms with Crippen LogP contribution in [-0.4, -0.2) is 31.2 Å². The average Bonchev–Trinajstić information content (AvgIpc) is 2.64. The zero-order valence-electron chi connectivity index (χ0n) is 9.46. The van der Waals surface area contributed by atoms with Gasteiger partial charge in [0.15, 0.2) is 9.84 Å². The van der Waals surface area contributed by atoms with Gasteiger partial charge in [-0.15, -0.1) is 11.3 Å². The first-order chi connectivity index (χ1) is 8.09. The number of aromatic nitrogens is 1. The van der Waals surface area contributed by atoms with Gasteiger partial charge in [-0.3, -0.25) is 0 Å². The third-order valence-corrected chi connectivity index (χ3v) is 5.84. The number of aldehydes is 1. The van der Waals surface area contributed by atoms with Crippen molar-refractivity contribution in [3.63, 3.8) is 0 Å². The van der Waals surface area contributed by atoms with Crippen molar-refractivity contribution in [2.24, 2.45) is 5.92 Å². The van der Waals surface area contributed by atoms with E-state index in [1.165, 1.54) is 11.3 Å². The summed E-state index contributed by atoms with van der Waals surface area (Å²) < 4.78 is 23.0. The maximum absolute atomic E-state index is 11.5. The highest BCUT2D eigenvalue weighted by Crippen LogP contribution is 2.24. The Hall–Kier alpha value is -0.750. The highest BCUT2D eigenvalue weighted by atomic mass is 32.2. The fourth-order valence-corrected chi connectivity index (χ4v) is 4.90. The number of thiazole rings is 1. The molecule has 0 spiro atoms. The lowest BCUT2D eigenvalue weighted by atomic mass is 10.0. The monoisotopic (exact) mass is 273 g/mol. The van der Waals surface area contributed by atoms with Crippen molar-refractivity contribution in [3.05, 3.63) is 16.1 Å². The summed E-state index contributed by atoms with van der Waals surface area (Å²) in [6.07, 6.45) is 5.43. The highest BCUT2D eigenvalue weighted by Gasteiger charge is 2.25. The molecule has 0 saturated carbocycles. The maximum Gasteiger partial charge on any atom is 0.150 e. The molecule has 1 aliphatic rings. The minimum atomic E-state index is -2.83. The van der Waals surface area contributed by atoms with Gasteiger partial charge in [-0.2, -0.15) is 0 Å². The van der Waals surface area contributed by atoms with Gasteiger partial charge in [-0.05, 0) is 18.8 Å². The molecule has 1 aromatic rings. The first-order valence-electron chi connectivity index (χ1n) is 5.67. The molecular weight excluding hydrogens is 258 g/mol. The van der Waals surface area contributed by atoms with Gasteiger partial charge in [0.05, 0.1) is 16.5 Å². The summed E-state index contributed by atoms with van der Waals surface area (Å²) in [5.41, 5.74) is 0. The molecule has 0 bridgehead atoms. The van der Waals surface area contributed by atoms with Gasteiger partial charge in [-0.25, -0.2) is 13.4 Å². The molecule has 94 valence electrons. The van der Waals surface area contributed by atoms with E-state index in [9.17, 15) is 13.2 Å². The highest BCUT2D eigenvalue weighted by molar-refractivity contribution is 7.91. The standard InChI is InChI=1S/C11H15NO3S2/c13-4-3-10-7-12-11(16-10)6-9-2-1-5-17(14,15)8-9/h4,7,9H,1-3,5-6,8H2. The summed E-state index contributed by atoms with van der Waals surface area (Å²) in [6, 6.07) is 0. The van der Waals surface area contributed by atoms with Crippen molar-refractivity contribution in [2.75, 3.05) is 11.5 Å². The molecule has 0 N–H and O–H groups in total. The van der Waals surface area contributed by atoms with Crippen molar-refractivity contribution in [1.29, 1.82) is 0 Å². The topological polar surface area (TPSA) is 64.1 Å². The summed E-state index contributed by atoms with van der Waals surface area (Å²) in [5.74, 6) is 0.817. The lowest BCUT2D eigenvalue weighted by Gasteiger charge is -2.20. The number of hydrogen-bond donors (Lipinski definition) is 0. The van der Waals surface area contributed by atoms with Crippen LogP contribution >= 0.6 is 11.3 Å². The molecule has 4 nitrogen and oxygen atoms in total. The molecule has 0 radical (unpaired) electrons. The molecule has 1 atom stereocenters. The van der Waals surface area contributed by atoms with Crippen molar-refractivity contribution >= 4 is 27.5 Å². The van der Waals surface area contributed by atoms with Gasteiger partial charge >= 0.3 is 0 Å². The number of carbonyl (C=O) groups is 1. The molecular formula is C11H15NO3S2. The summed E-state index contributed by atoms with van der Waals surface area (Å²) in [4.78, 5) is 15.6.